The molecule has 4 atom stereocenters. The van der Waals surface area contributed by atoms with Crippen LogP contribution in [0.3, 0.4) is 0 Å². The van der Waals surface area contributed by atoms with Gasteiger partial charge in [-0.1, -0.05) is 12.2 Å². The van der Waals surface area contributed by atoms with E-state index in [1.165, 1.54) is 19.3 Å². The zero-order chi connectivity index (χ0) is 9.60. The Bertz CT molecular complexity index is 284. The van der Waals surface area contributed by atoms with Crippen LogP contribution in [0.25, 0.3) is 0 Å². The molecule has 3 aliphatic carbocycles. The van der Waals surface area contributed by atoms with Crippen LogP contribution in [0.5, 0.6) is 0 Å². The molecule has 2 fully saturated rings. The van der Waals surface area contributed by atoms with Crippen LogP contribution in [0.1, 0.15) is 32.1 Å². The zero-order valence-corrected chi connectivity index (χ0v) is 8.32. The molecule has 76 valence electrons. The second-order valence-electron chi connectivity index (χ2n) is 5.01. The highest BCUT2D eigenvalue weighted by atomic mass is 16.5. The standard InChI is InChI=1S/C12H16O2/c13-8-14-11-7-9-4-6-12(11)5-2-1-3-10(9)12/h1-2,8-11H,3-7H2/t9-,10-,11-,12+/m0/s1. The molecule has 2 saturated carbocycles. The van der Waals surface area contributed by atoms with Crippen molar-refractivity contribution in [3.05, 3.63) is 12.2 Å². The van der Waals surface area contributed by atoms with Crippen molar-refractivity contribution in [2.75, 3.05) is 0 Å². The average Bonchev–Trinajstić information content (AvgIpc) is 2.72. The van der Waals surface area contributed by atoms with E-state index in [1.54, 1.807) is 0 Å². The first-order valence-corrected chi connectivity index (χ1v) is 5.61. The molecule has 3 rings (SSSR count). The van der Waals surface area contributed by atoms with Crippen molar-refractivity contribution in [1.29, 1.82) is 0 Å². The third kappa shape index (κ3) is 0.891. The summed E-state index contributed by atoms with van der Waals surface area (Å²) in [5.74, 6) is 1.63. The summed E-state index contributed by atoms with van der Waals surface area (Å²) < 4.78 is 5.28. The molecule has 0 radical (unpaired) electrons. The summed E-state index contributed by atoms with van der Waals surface area (Å²) in [6.07, 6.45) is 10.9. The zero-order valence-electron chi connectivity index (χ0n) is 8.32. The van der Waals surface area contributed by atoms with E-state index in [0.717, 1.165) is 24.7 Å². The number of carbonyl (C=O) groups excluding carboxylic acids is 1. The maximum absolute atomic E-state index is 10.5. The van der Waals surface area contributed by atoms with Crippen LogP contribution in [-0.4, -0.2) is 12.6 Å². The van der Waals surface area contributed by atoms with Gasteiger partial charge in [-0.3, -0.25) is 4.79 Å². The van der Waals surface area contributed by atoms with Crippen LogP contribution >= 0.6 is 0 Å². The highest BCUT2D eigenvalue weighted by Gasteiger charge is 2.59. The third-order valence-electron chi connectivity index (χ3n) is 4.72. The SMILES string of the molecule is O=CO[C@H]1C[C@@H]2CC[C@@]13CC=CC[C@@H]23. The molecule has 0 aliphatic heterocycles. The second-order valence-corrected chi connectivity index (χ2v) is 5.01. The van der Waals surface area contributed by atoms with Gasteiger partial charge in [-0.15, -0.1) is 0 Å². The number of hydrogen-bond acceptors (Lipinski definition) is 2. The molecule has 0 aromatic carbocycles. The molecule has 2 nitrogen and oxygen atoms in total. The minimum Gasteiger partial charge on any atom is -0.464 e. The molecular formula is C12H16O2. The summed E-state index contributed by atoms with van der Waals surface area (Å²) >= 11 is 0. The molecule has 0 unspecified atom stereocenters. The maximum atomic E-state index is 10.5. The predicted octanol–water partition coefficient (Wildman–Crippen LogP) is 2.29. The Labute approximate surface area is 84.3 Å². The smallest absolute Gasteiger partial charge is 0.293 e. The van der Waals surface area contributed by atoms with Crippen LogP contribution in [0.2, 0.25) is 0 Å². The second kappa shape index (κ2) is 2.85. The van der Waals surface area contributed by atoms with Crippen molar-refractivity contribution in [2.45, 2.75) is 38.2 Å². The molecule has 0 saturated heterocycles. The largest absolute Gasteiger partial charge is 0.464 e. The Kier molecular flexibility index (Phi) is 1.73. The van der Waals surface area contributed by atoms with Gasteiger partial charge in [0.05, 0.1) is 0 Å². The minimum atomic E-state index is 0.216. The van der Waals surface area contributed by atoms with E-state index in [0.29, 0.717) is 11.9 Å². The van der Waals surface area contributed by atoms with Gasteiger partial charge >= 0.3 is 0 Å². The first kappa shape index (κ1) is 8.51. The van der Waals surface area contributed by atoms with Crippen molar-refractivity contribution < 1.29 is 9.53 Å². The van der Waals surface area contributed by atoms with Crippen LogP contribution in [-0.2, 0) is 9.53 Å². The van der Waals surface area contributed by atoms with E-state index in [1.807, 2.05) is 0 Å². The third-order valence-corrected chi connectivity index (χ3v) is 4.72. The molecule has 0 N–H and O–H groups in total. The summed E-state index contributed by atoms with van der Waals surface area (Å²) in [6, 6.07) is 0. The lowest BCUT2D eigenvalue weighted by Gasteiger charge is -2.37. The monoisotopic (exact) mass is 192 g/mol. The number of allylic oxidation sites excluding steroid dienone is 2. The summed E-state index contributed by atoms with van der Waals surface area (Å²) in [6.45, 7) is 0.648. The average molecular weight is 192 g/mol. The number of carbonyl (C=O) groups is 1. The number of hydrogen-bond donors (Lipinski definition) is 0. The molecular weight excluding hydrogens is 176 g/mol. The van der Waals surface area contributed by atoms with E-state index < -0.39 is 0 Å². The Morgan fingerprint density at radius 2 is 2.36 bits per heavy atom. The number of ether oxygens (including phenoxy) is 1. The van der Waals surface area contributed by atoms with E-state index in [2.05, 4.69) is 12.2 Å². The Morgan fingerprint density at radius 3 is 3.21 bits per heavy atom. The van der Waals surface area contributed by atoms with Crippen LogP contribution in [0.15, 0.2) is 12.2 Å². The molecule has 0 heterocycles. The van der Waals surface area contributed by atoms with Gasteiger partial charge in [0.15, 0.2) is 0 Å². The first-order chi connectivity index (χ1) is 6.87. The molecule has 2 heteroatoms. The molecule has 14 heavy (non-hydrogen) atoms. The normalized spacial score (nSPS) is 49.0. The molecule has 0 amide bonds. The van der Waals surface area contributed by atoms with E-state index in [-0.39, 0.29) is 6.10 Å². The lowest BCUT2D eigenvalue weighted by Crippen LogP contribution is -2.36. The Hall–Kier alpha value is -0.790. The van der Waals surface area contributed by atoms with Crippen molar-refractivity contribution >= 4 is 6.47 Å². The van der Waals surface area contributed by atoms with Crippen molar-refractivity contribution in [3.8, 4) is 0 Å². The fourth-order valence-corrected chi connectivity index (χ4v) is 4.12. The molecule has 3 aliphatic rings. The van der Waals surface area contributed by atoms with Gasteiger partial charge in [0.1, 0.15) is 6.10 Å². The van der Waals surface area contributed by atoms with Crippen LogP contribution in [0.4, 0.5) is 0 Å². The Morgan fingerprint density at radius 1 is 1.43 bits per heavy atom. The maximum Gasteiger partial charge on any atom is 0.293 e. The Balaban J connectivity index is 1.93. The molecule has 0 spiro atoms. The van der Waals surface area contributed by atoms with Crippen LogP contribution < -0.4 is 0 Å². The van der Waals surface area contributed by atoms with Crippen molar-refractivity contribution in [1.82, 2.24) is 0 Å². The first-order valence-electron chi connectivity index (χ1n) is 5.61. The predicted molar refractivity (Wildman–Crippen MR) is 52.6 cm³/mol. The van der Waals surface area contributed by atoms with Crippen molar-refractivity contribution in [3.63, 3.8) is 0 Å². The van der Waals surface area contributed by atoms with Gasteiger partial charge in [-0.2, -0.15) is 0 Å². The molecule has 0 aromatic rings. The van der Waals surface area contributed by atoms with Gasteiger partial charge in [-0.05, 0) is 43.9 Å². The quantitative estimate of drug-likeness (QED) is 0.495. The highest BCUT2D eigenvalue weighted by molar-refractivity contribution is 5.38. The fraction of sp³-hybridized carbons (Fsp3) is 0.750. The van der Waals surface area contributed by atoms with Gasteiger partial charge in [-0.25, -0.2) is 0 Å². The van der Waals surface area contributed by atoms with Gasteiger partial charge < -0.3 is 4.74 Å². The van der Waals surface area contributed by atoms with E-state index in [4.69, 9.17) is 4.74 Å². The van der Waals surface area contributed by atoms with E-state index in [9.17, 15) is 4.79 Å². The number of rotatable bonds is 2. The fourth-order valence-electron chi connectivity index (χ4n) is 4.12. The summed E-state index contributed by atoms with van der Waals surface area (Å²) in [5, 5.41) is 0. The van der Waals surface area contributed by atoms with Gasteiger partial charge in [0, 0.05) is 5.41 Å². The molecule has 0 aromatic heterocycles. The summed E-state index contributed by atoms with van der Waals surface area (Å²) in [7, 11) is 0. The summed E-state index contributed by atoms with van der Waals surface area (Å²) in [4.78, 5) is 10.5. The highest BCUT2D eigenvalue weighted by Crippen LogP contribution is 2.63. The lowest BCUT2D eigenvalue weighted by molar-refractivity contribution is -0.140. The molecule has 2 bridgehead atoms. The summed E-state index contributed by atoms with van der Waals surface area (Å²) in [5.41, 5.74) is 0.334. The lowest BCUT2D eigenvalue weighted by atomic mass is 9.70. The van der Waals surface area contributed by atoms with Crippen LogP contribution in [0, 0.1) is 17.3 Å². The van der Waals surface area contributed by atoms with Crippen molar-refractivity contribution in [2.24, 2.45) is 17.3 Å². The topological polar surface area (TPSA) is 26.3 Å². The van der Waals surface area contributed by atoms with Gasteiger partial charge in [0.2, 0.25) is 0 Å². The van der Waals surface area contributed by atoms with Gasteiger partial charge in [0.25, 0.3) is 6.47 Å². The minimum absolute atomic E-state index is 0.216. The van der Waals surface area contributed by atoms with E-state index >= 15 is 0 Å².